The van der Waals surface area contributed by atoms with Crippen molar-refractivity contribution in [2.24, 2.45) is 0 Å². The Bertz CT molecular complexity index is 771. The number of anilines is 2. The minimum atomic E-state index is -4.68. The maximum absolute atomic E-state index is 13.3. The third kappa shape index (κ3) is 3.28. The van der Waals surface area contributed by atoms with Crippen LogP contribution in [0.3, 0.4) is 0 Å². The van der Waals surface area contributed by atoms with Gasteiger partial charge in [-0.25, -0.2) is 4.39 Å². The van der Waals surface area contributed by atoms with Crippen LogP contribution in [0.25, 0.3) is 0 Å². The van der Waals surface area contributed by atoms with Gasteiger partial charge in [0, 0.05) is 23.5 Å². The molecule has 1 aliphatic rings. The Kier molecular flexibility index (Phi) is 3.71. The molecule has 0 saturated heterocycles. The molecule has 2 N–H and O–H groups in total. The van der Waals surface area contributed by atoms with E-state index >= 15 is 0 Å². The fourth-order valence-electron chi connectivity index (χ4n) is 2.46. The van der Waals surface area contributed by atoms with E-state index in [2.05, 4.69) is 10.6 Å². The Morgan fingerprint density at radius 2 is 1.91 bits per heavy atom. The van der Waals surface area contributed by atoms with Crippen molar-refractivity contribution in [3.63, 3.8) is 0 Å². The summed E-state index contributed by atoms with van der Waals surface area (Å²) in [7, 11) is 0. The van der Waals surface area contributed by atoms with E-state index in [1.54, 1.807) is 18.2 Å². The van der Waals surface area contributed by atoms with E-state index in [0.29, 0.717) is 12.1 Å². The van der Waals surface area contributed by atoms with Crippen LogP contribution >= 0.6 is 0 Å². The number of alkyl halides is 3. The highest BCUT2D eigenvalue weighted by Gasteiger charge is 2.31. The number of nitrogens with one attached hydrogen (secondary N) is 2. The maximum Gasteiger partial charge on any atom is 0.416 e. The van der Waals surface area contributed by atoms with Gasteiger partial charge in [-0.3, -0.25) is 4.79 Å². The van der Waals surface area contributed by atoms with E-state index in [1.807, 2.05) is 0 Å². The molecule has 2 aromatic rings. The number of hydrogen-bond acceptors (Lipinski definition) is 2. The Hall–Kier alpha value is -2.57. The zero-order valence-electron chi connectivity index (χ0n) is 11.8. The van der Waals surface area contributed by atoms with Gasteiger partial charge < -0.3 is 10.6 Å². The van der Waals surface area contributed by atoms with Gasteiger partial charge in [0.2, 0.25) is 0 Å². The number of rotatable bonds is 2. The fraction of sp³-hybridized carbons (Fsp3) is 0.188. The summed E-state index contributed by atoms with van der Waals surface area (Å²) in [5, 5.41) is 5.40. The molecule has 1 amide bonds. The van der Waals surface area contributed by atoms with E-state index in [9.17, 15) is 22.4 Å². The van der Waals surface area contributed by atoms with Crippen molar-refractivity contribution in [1.29, 1.82) is 0 Å². The Balaban J connectivity index is 1.84. The predicted molar refractivity (Wildman–Crippen MR) is 78.0 cm³/mol. The number of hydrogen-bond donors (Lipinski definition) is 2. The normalized spacial score (nSPS) is 13.4. The van der Waals surface area contributed by atoms with Gasteiger partial charge in [-0.15, -0.1) is 0 Å². The molecule has 3 rings (SSSR count). The molecular weight excluding hydrogens is 312 g/mol. The van der Waals surface area contributed by atoms with Gasteiger partial charge in [0.05, 0.1) is 5.56 Å². The van der Waals surface area contributed by atoms with E-state index < -0.39 is 23.5 Å². The molecule has 1 aliphatic heterocycles. The molecule has 0 spiro atoms. The van der Waals surface area contributed by atoms with Gasteiger partial charge in [0.15, 0.2) is 0 Å². The second-order valence-corrected chi connectivity index (χ2v) is 5.23. The second kappa shape index (κ2) is 5.57. The van der Waals surface area contributed by atoms with E-state index in [-0.39, 0.29) is 11.3 Å². The van der Waals surface area contributed by atoms with Crippen LogP contribution in [-0.4, -0.2) is 12.5 Å². The zero-order valence-corrected chi connectivity index (χ0v) is 11.8. The van der Waals surface area contributed by atoms with Crippen molar-refractivity contribution < 1.29 is 22.4 Å². The van der Waals surface area contributed by atoms with Crippen molar-refractivity contribution in [2.75, 3.05) is 17.2 Å². The molecule has 2 aromatic carbocycles. The number of benzene rings is 2. The molecule has 0 bridgehead atoms. The monoisotopic (exact) mass is 324 g/mol. The van der Waals surface area contributed by atoms with Crippen molar-refractivity contribution in [1.82, 2.24) is 0 Å². The van der Waals surface area contributed by atoms with Crippen molar-refractivity contribution in [3.05, 3.63) is 58.9 Å². The summed E-state index contributed by atoms with van der Waals surface area (Å²) in [5.41, 5.74) is 0.801. The van der Waals surface area contributed by atoms with Gasteiger partial charge >= 0.3 is 6.18 Å². The van der Waals surface area contributed by atoms with Crippen LogP contribution < -0.4 is 10.6 Å². The molecule has 0 fully saturated rings. The van der Waals surface area contributed by atoms with Gasteiger partial charge in [0.1, 0.15) is 5.82 Å². The summed E-state index contributed by atoms with van der Waals surface area (Å²) in [4.78, 5) is 12.1. The number of carbonyl (C=O) groups excluding carboxylic acids is 1. The number of halogens is 4. The standard InChI is InChI=1S/C16H12F4N2O/c17-12-6-11(16(18,19)20)7-13(8-12)22-15(23)10-2-1-9-3-4-21-14(9)5-10/h1-2,5-8,21H,3-4H2,(H,22,23). The first kappa shape index (κ1) is 15.3. The number of amides is 1. The van der Waals surface area contributed by atoms with E-state index in [0.717, 1.165) is 30.3 Å². The fourth-order valence-corrected chi connectivity index (χ4v) is 2.46. The molecular formula is C16H12F4N2O. The first-order valence-corrected chi connectivity index (χ1v) is 6.89. The van der Waals surface area contributed by atoms with Crippen LogP contribution in [0.15, 0.2) is 36.4 Å². The molecule has 120 valence electrons. The smallest absolute Gasteiger partial charge is 0.384 e. The van der Waals surface area contributed by atoms with Crippen LogP contribution in [0.5, 0.6) is 0 Å². The second-order valence-electron chi connectivity index (χ2n) is 5.23. The summed E-state index contributed by atoms with van der Waals surface area (Å²) in [6, 6.07) is 6.93. The summed E-state index contributed by atoms with van der Waals surface area (Å²) in [6.45, 7) is 0.777. The molecule has 0 aromatic heterocycles. The third-order valence-corrected chi connectivity index (χ3v) is 3.56. The van der Waals surface area contributed by atoms with Crippen LogP contribution in [-0.2, 0) is 12.6 Å². The molecule has 1 heterocycles. The van der Waals surface area contributed by atoms with Crippen molar-refractivity contribution >= 4 is 17.3 Å². The highest BCUT2D eigenvalue weighted by atomic mass is 19.4. The Morgan fingerprint density at radius 1 is 1.13 bits per heavy atom. The predicted octanol–water partition coefficient (Wildman–Crippen LogP) is 4.06. The molecule has 0 radical (unpaired) electrons. The van der Waals surface area contributed by atoms with Crippen LogP contribution in [0.2, 0.25) is 0 Å². The summed E-state index contributed by atoms with van der Waals surface area (Å²) in [6.07, 6.45) is -3.82. The lowest BCUT2D eigenvalue weighted by atomic mass is 10.1. The Morgan fingerprint density at radius 3 is 2.65 bits per heavy atom. The minimum Gasteiger partial charge on any atom is -0.384 e. The van der Waals surface area contributed by atoms with Gasteiger partial charge in [-0.1, -0.05) is 6.07 Å². The molecule has 0 saturated carbocycles. The molecule has 3 nitrogen and oxygen atoms in total. The topological polar surface area (TPSA) is 41.1 Å². The summed E-state index contributed by atoms with van der Waals surface area (Å²) in [5.74, 6) is -1.66. The van der Waals surface area contributed by atoms with E-state index in [4.69, 9.17) is 0 Å². The average molecular weight is 324 g/mol. The highest BCUT2D eigenvalue weighted by molar-refractivity contribution is 6.05. The van der Waals surface area contributed by atoms with E-state index in [1.165, 1.54) is 0 Å². The largest absolute Gasteiger partial charge is 0.416 e. The molecule has 0 unspecified atom stereocenters. The lowest BCUT2D eigenvalue weighted by Gasteiger charge is -2.11. The lowest BCUT2D eigenvalue weighted by molar-refractivity contribution is -0.137. The summed E-state index contributed by atoms with van der Waals surface area (Å²) >= 11 is 0. The maximum atomic E-state index is 13.3. The quantitative estimate of drug-likeness (QED) is 0.818. The summed E-state index contributed by atoms with van der Waals surface area (Å²) < 4.78 is 51.3. The Labute approximate surface area is 129 Å². The molecule has 0 atom stereocenters. The van der Waals surface area contributed by atoms with Gasteiger partial charge in [-0.2, -0.15) is 13.2 Å². The van der Waals surface area contributed by atoms with Crippen LogP contribution in [0.4, 0.5) is 28.9 Å². The van der Waals surface area contributed by atoms with Crippen LogP contribution in [0.1, 0.15) is 21.5 Å². The molecule has 7 heteroatoms. The highest BCUT2D eigenvalue weighted by Crippen LogP contribution is 2.32. The zero-order chi connectivity index (χ0) is 16.6. The first-order valence-electron chi connectivity index (χ1n) is 6.89. The molecule has 23 heavy (non-hydrogen) atoms. The molecule has 0 aliphatic carbocycles. The van der Waals surface area contributed by atoms with Gasteiger partial charge in [-0.05, 0) is 42.3 Å². The minimum absolute atomic E-state index is 0.240. The first-order chi connectivity index (χ1) is 10.8. The average Bonchev–Trinajstić information content (AvgIpc) is 2.93. The third-order valence-electron chi connectivity index (χ3n) is 3.56. The number of fused-ring (bicyclic) bond motifs is 1. The van der Waals surface area contributed by atoms with Crippen molar-refractivity contribution in [3.8, 4) is 0 Å². The SMILES string of the molecule is O=C(Nc1cc(F)cc(C(F)(F)F)c1)c1ccc2c(c1)NCC2. The lowest BCUT2D eigenvalue weighted by Crippen LogP contribution is -2.14. The van der Waals surface area contributed by atoms with Crippen molar-refractivity contribution in [2.45, 2.75) is 12.6 Å². The van der Waals surface area contributed by atoms with Crippen LogP contribution in [0, 0.1) is 5.82 Å². The van der Waals surface area contributed by atoms with Gasteiger partial charge in [0.25, 0.3) is 5.91 Å². The number of carbonyl (C=O) groups is 1.